The van der Waals surface area contributed by atoms with Crippen LogP contribution in [0.2, 0.25) is 0 Å². The van der Waals surface area contributed by atoms with Crippen LogP contribution in [-0.4, -0.2) is 4.98 Å². The average Bonchev–Trinajstić information content (AvgIpc) is 2.35. The monoisotopic (exact) mass is 196 g/mol. The first kappa shape index (κ1) is 4.97. The van der Waals surface area contributed by atoms with Crippen LogP contribution in [-0.2, 0) is 0 Å². The molecule has 0 spiro atoms. The molecule has 0 fully saturated rings. The molecule has 0 aliphatic carbocycles. The van der Waals surface area contributed by atoms with E-state index >= 15 is 0 Å². The molecular formula is C8H6BrN. The highest BCUT2D eigenvalue weighted by molar-refractivity contribution is 9.10. The van der Waals surface area contributed by atoms with Crippen LogP contribution in [0.1, 0.15) is 1.37 Å². The predicted molar refractivity (Wildman–Crippen MR) is 46.0 cm³/mol. The van der Waals surface area contributed by atoms with Crippen molar-refractivity contribution in [3.8, 4) is 0 Å². The van der Waals surface area contributed by atoms with Gasteiger partial charge in [0.15, 0.2) is 0 Å². The maximum atomic E-state index is 7.49. The lowest BCUT2D eigenvalue weighted by atomic mass is 10.3. The molecule has 2 aromatic rings. The van der Waals surface area contributed by atoms with E-state index < -0.39 is 0 Å². The Morgan fingerprint density at radius 3 is 3.20 bits per heavy atom. The number of halogens is 1. The fraction of sp³-hybridized carbons (Fsp3) is 0. The zero-order valence-electron chi connectivity index (χ0n) is 6.19. The maximum Gasteiger partial charge on any atom is 0.0645 e. The van der Waals surface area contributed by atoms with Gasteiger partial charge in [0.25, 0.3) is 0 Å². The Labute approximate surface area is 68.6 Å². The van der Waals surface area contributed by atoms with Gasteiger partial charge < -0.3 is 4.98 Å². The number of hydrogen-bond acceptors (Lipinski definition) is 0. The summed E-state index contributed by atoms with van der Waals surface area (Å²) in [6.45, 7) is 0. The van der Waals surface area contributed by atoms with Crippen LogP contribution >= 0.6 is 15.9 Å². The van der Waals surface area contributed by atoms with Crippen molar-refractivity contribution in [1.29, 1.82) is 0 Å². The van der Waals surface area contributed by atoms with Gasteiger partial charge in [0, 0.05) is 16.1 Å². The Morgan fingerprint density at radius 1 is 1.50 bits per heavy atom. The van der Waals surface area contributed by atoms with Crippen molar-refractivity contribution in [3.63, 3.8) is 0 Å². The molecule has 50 valence electrons. The van der Waals surface area contributed by atoms with Crippen molar-refractivity contribution in [2.24, 2.45) is 0 Å². The average molecular weight is 197 g/mol. The van der Waals surface area contributed by atoms with Gasteiger partial charge in [-0.3, -0.25) is 0 Å². The maximum absolute atomic E-state index is 7.49. The minimum atomic E-state index is 0.543. The molecule has 0 unspecified atom stereocenters. The van der Waals surface area contributed by atoms with Crippen LogP contribution in [0, 0.1) is 0 Å². The highest BCUT2D eigenvalue weighted by atomic mass is 79.9. The number of aromatic nitrogens is 1. The molecule has 1 aromatic heterocycles. The van der Waals surface area contributed by atoms with E-state index in [1.54, 1.807) is 6.20 Å². The minimum absolute atomic E-state index is 0.543. The first-order chi connectivity index (χ1) is 5.29. The van der Waals surface area contributed by atoms with Gasteiger partial charge >= 0.3 is 0 Å². The van der Waals surface area contributed by atoms with E-state index in [9.17, 15) is 0 Å². The number of benzene rings is 1. The number of rotatable bonds is 0. The van der Waals surface area contributed by atoms with Gasteiger partial charge in [0.2, 0.25) is 0 Å². The van der Waals surface area contributed by atoms with E-state index in [0.717, 1.165) is 15.4 Å². The highest BCUT2D eigenvalue weighted by Crippen LogP contribution is 2.21. The second kappa shape index (κ2) is 2.13. The van der Waals surface area contributed by atoms with Crippen molar-refractivity contribution in [3.05, 3.63) is 34.9 Å². The summed E-state index contributed by atoms with van der Waals surface area (Å²) in [6.07, 6.45) is 1.69. The van der Waals surface area contributed by atoms with Gasteiger partial charge in [-0.2, -0.15) is 0 Å². The lowest BCUT2D eigenvalue weighted by molar-refractivity contribution is 1.47. The smallest absolute Gasteiger partial charge is 0.0645 e. The number of H-pyrrole nitrogens is 1. The molecule has 1 nitrogen and oxygen atoms in total. The molecule has 0 saturated heterocycles. The molecule has 1 N–H and O–H groups in total. The number of hydrogen-bond donors (Lipinski definition) is 1. The second-order valence-corrected chi connectivity index (χ2v) is 2.95. The molecule has 2 heteroatoms. The Kier molecular flexibility index (Phi) is 1.06. The van der Waals surface area contributed by atoms with Gasteiger partial charge in [0.05, 0.1) is 6.89 Å². The fourth-order valence-electron chi connectivity index (χ4n) is 0.977. The second-order valence-electron chi connectivity index (χ2n) is 2.10. The molecule has 0 aliphatic rings. The van der Waals surface area contributed by atoms with E-state index in [1.807, 2.05) is 18.2 Å². The third-order valence-corrected chi connectivity index (χ3v) is 2.12. The van der Waals surface area contributed by atoms with Crippen LogP contribution in [0.3, 0.4) is 0 Å². The molecule has 0 amide bonds. The topological polar surface area (TPSA) is 15.8 Å². The van der Waals surface area contributed by atoms with Crippen LogP contribution in [0.4, 0.5) is 0 Å². The third-order valence-electron chi connectivity index (χ3n) is 1.46. The summed E-state index contributed by atoms with van der Waals surface area (Å²) in [5.41, 5.74) is 0.998. The summed E-state index contributed by atoms with van der Waals surface area (Å²) >= 11 is 3.40. The molecular weight excluding hydrogens is 190 g/mol. The zero-order chi connectivity index (χ0) is 7.84. The number of para-hydroxylation sites is 1. The van der Waals surface area contributed by atoms with Gasteiger partial charge in [-0.25, -0.2) is 0 Å². The first-order valence-corrected chi connectivity index (χ1v) is 3.80. The Bertz CT molecular complexity index is 394. The summed E-state index contributed by atoms with van der Waals surface area (Å²) in [5.74, 6) is 0. The molecule has 0 radical (unpaired) electrons. The van der Waals surface area contributed by atoms with E-state index in [2.05, 4.69) is 20.9 Å². The Hall–Kier alpha value is -0.760. The predicted octanol–water partition coefficient (Wildman–Crippen LogP) is 2.93. The van der Waals surface area contributed by atoms with Crippen LogP contribution in [0.25, 0.3) is 10.9 Å². The van der Waals surface area contributed by atoms with Crippen molar-refractivity contribution >= 4 is 26.8 Å². The van der Waals surface area contributed by atoms with Crippen LogP contribution in [0.15, 0.2) is 34.9 Å². The normalized spacial score (nSPS) is 11.9. The summed E-state index contributed by atoms with van der Waals surface area (Å²) in [7, 11) is 0. The van der Waals surface area contributed by atoms with E-state index in [0.29, 0.717) is 6.04 Å². The summed E-state index contributed by atoms with van der Waals surface area (Å²) in [6, 6.07) is 6.36. The summed E-state index contributed by atoms with van der Waals surface area (Å²) < 4.78 is 8.50. The van der Waals surface area contributed by atoms with Gasteiger partial charge in [-0.05, 0) is 28.0 Å². The lowest BCUT2D eigenvalue weighted by Crippen LogP contribution is -1.67. The quantitative estimate of drug-likeness (QED) is 0.668. The largest absolute Gasteiger partial charge is 0.360 e. The molecule has 10 heavy (non-hydrogen) atoms. The molecule has 0 bridgehead atoms. The molecule has 0 saturated carbocycles. The van der Waals surface area contributed by atoms with E-state index in [-0.39, 0.29) is 0 Å². The molecule has 0 atom stereocenters. The number of nitrogens with one attached hydrogen (secondary N) is 1. The van der Waals surface area contributed by atoms with E-state index in [4.69, 9.17) is 1.37 Å². The Balaban J connectivity index is 2.94. The molecule has 1 aromatic carbocycles. The van der Waals surface area contributed by atoms with Crippen LogP contribution in [0.5, 0.6) is 0 Å². The number of fused-ring (bicyclic) bond motifs is 1. The minimum Gasteiger partial charge on any atom is -0.360 e. The van der Waals surface area contributed by atoms with Gasteiger partial charge in [0.1, 0.15) is 0 Å². The molecule has 0 aliphatic heterocycles. The van der Waals surface area contributed by atoms with Crippen molar-refractivity contribution in [1.82, 2.24) is 4.98 Å². The van der Waals surface area contributed by atoms with Crippen LogP contribution < -0.4 is 0 Å². The van der Waals surface area contributed by atoms with Gasteiger partial charge in [-0.1, -0.05) is 12.1 Å². The standard InChI is InChI=1S/C8H6BrN/c9-7-3-1-2-6-4-5-10-8(6)7/h1-5,10H/i4D. The summed E-state index contributed by atoms with van der Waals surface area (Å²) in [4.78, 5) is 3.02. The highest BCUT2D eigenvalue weighted by Gasteiger charge is 1.95. The van der Waals surface area contributed by atoms with Gasteiger partial charge in [-0.15, -0.1) is 0 Å². The molecule has 1 heterocycles. The Morgan fingerprint density at radius 2 is 2.40 bits per heavy atom. The third kappa shape index (κ3) is 0.762. The van der Waals surface area contributed by atoms with E-state index in [1.165, 1.54) is 0 Å². The molecule has 2 rings (SSSR count). The fourth-order valence-corrected chi connectivity index (χ4v) is 1.46. The van der Waals surface area contributed by atoms with Crippen molar-refractivity contribution in [2.75, 3.05) is 0 Å². The number of aromatic amines is 1. The SMILES string of the molecule is [2H]c1c[nH]c2c(Br)cccc12. The first-order valence-electron chi connectivity index (χ1n) is 3.51. The van der Waals surface area contributed by atoms with Crippen molar-refractivity contribution < 1.29 is 1.37 Å². The lowest BCUT2D eigenvalue weighted by Gasteiger charge is -1.90. The zero-order valence-corrected chi connectivity index (χ0v) is 6.77. The van der Waals surface area contributed by atoms with Crippen molar-refractivity contribution in [2.45, 2.75) is 0 Å². The summed E-state index contributed by atoms with van der Waals surface area (Å²) in [5, 5.41) is 0.958.